The summed E-state index contributed by atoms with van der Waals surface area (Å²) in [5, 5.41) is 0. The molecule has 0 fully saturated rings. The molecule has 2 aromatic rings. The van der Waals surface area contributed by atoms with E-state index in [1.165, 1.54) is 0 Å². The fourth-order valence-corrected chi connectivity index (χ4v) is 3.12. The first-order valence-electron chi connectivity index (χ1n) is 5.81. The Morgan fingerprint density at radius 2 is 1.80 bits per heavy atom. The number of hydrogen-bond acceptors (Lipinski definition) is 3. The lowest BCUT2D eigenvalue weighted by molar-refractivity contribution is 0.354. The maximum Gasteiger partial charge on any atom is 0.265 e. The normalized spacial score (nSPS) is 10.4. The summed E-state index contributed by atoms with van der Waals surface area (Å²) in [5.41, 5.74) is 0.873. The summed E-state index contributed by atoms with van der Waals surface area (Å²) in [4.78, 5) is 12.0. The van der Waals surface area contributed by atoms with Crippen molar-refractivity contribution in [3.8, 4) is 11.5 Å². The quantitative estimate of drug-likeness (QED) is 0.786. The highest BCUT2D eigenvalue weighted by atomic mass is 79.9. The van der Waals surface area contributed by atoms with Crippen molar-refractivity contribution >= 4 is 31.9 Å². The van der Waals surface area contributed by atoms with Gasteiger partial charge < -0.3 is 14.0 Å². The smallest absolute Gasteiger partial charge is 0.265 e. The number of methoxy groups -OCH3 is 2. The predicted molar refractivity (Wildman–Crippen MR) is 84.8 cm³/mol. The molecule has 0 saturated heterocycles. The number of nitrogens with zero attached hydrogens (tertiary/aromatic N) is 1. The first-order chi connectivity index (χ1) is 9.55. The van der Waals surface area contributed by atoms with E-state index in [-0.39, 0.29) is 5.56 Å². The van der Waals surface area contributed by atoms with E-state index in [9.17, 15) is 4.79 Å². The lowest BCUT2D eigenvalue weighted by Gasteiger charge is -2.11. The van der Waals surface area contributed by atoms with Gasteiger partial charge in [0, 0.05) is 10.7 Å². The molecule has 1 aromatic heterocycles. The number of hydrogen-bond donors (Lipinski definition) is 0. The molecule has 6 heteroatoms. The van der Waals surface area contributed by atoms with Crippen molar-refractivity contribution in [2.75, 3.05) is 14.2 Å². The number of aromatic nitrogens is 1. The monoisotopic (exact) mass is 401 g/mol. The Balaban J connectivity index is 2.38. The van der Waals surface area contributed by atoms with Crippen molar-refractivity contribution in [1.82, 2.24) is 4.57 Å². The molecule has 0 aliphatic heterocycles. The van der Waals surface area contributed by atoms with E-state index in [0.29, 0.717) is 22.5 Å². The van der Waals surface area contributed by atoms with Crippen LogP contribution in [-0.2, 0) is 6.54 Å². The average molecular weight is 403 g/mol. The number of pyridine rings is 1. The molecule has 0 atom stereocenters. The molecular formula is C14H13Br2NO3. The maximum atomic E-state index is 12.0. The Morgan fingerprint density at radius 3 is 2.45 bits per heavy atom. The zero-order valence-electron chi connectivity index (χ0n) is 11.0. The van der Waals surface area contributed by atoms with Gasteiger partial charge in [0.25, 0.3) is 5.56 Å². The van der Waals surface area contributed by atoms with E-state index in [1.54, 1.807) is 31.0 Å². The van der Waals surface area contributed by atoms with E-state index >= 15 is 0 Å². The molecule has 0 saturated carbocycles. The van der Waals surface area contributed by atoms with Gasteiger partial charge in [-0.2, -0.15) is 0 Å². The molecule has 0 aliphatic rings. The van der Waals surface area contributed by atoms with Crippen molar-refractivity contribution in [3.63, 3.8) is 0 Å². The zero-order valence-corrected chi connectivity index (χ0v) is 14.2. The second-order valence-corrected chi connectivity index (χ2v) is 5.90. The Labute approximate surface area is 133 Å². The molecule has 20 heavy (non-hydrogen) atoms. The molecule has 2 rings (SSSR count). The highest BCUT2D eigenvalue weighted by molar-refractivity contribution is 9.11. The van der Waals surface area contributed by atoms with Crippen molar-refractivity contribution in [3.05, 3.63) is 55.3 Å². The third kappa shape index (κ3) is 3.24. The van der Waals surface area contributed by atoms with Gasteiger partial charge in [-0.25, -0.2) is 0 Å². The molecule has 1 aromatic carbocycles. The first kappa shape index (κ1) is 15.1. The van der Waals surface area contributed by atoms with Crippen molar-refractivity contribution in [2.45, 2.75) is 6.54 Å². The van der Waals surface area contributed by atoms with E-state index in [4.69, 9.17) is 9.47 Å². The molecular weight excluding hydrogens is 390 g/mol. The van der Waals surface area contributed by atoms with E-state index in [1.807, 2.05) is 18.2 Å². The summed E-state index contributed by atoms with van der Waals surface area (Å²) in [7, 11) is 3.18. The Morgan fingerprint density at radius 1 is 1.10 bits per heavy atom. The summed E-state index contributed by atoms with van der Waals surface area (Å²) in [6.07, 6.45) is 1.75. The molecule has 0 aliphatic carbocycles. The molecule has 106 valence electrons. The van der Waals surface area contributed by atoms with Crippen LogP contribution in [0.25, 0.3) is 0 Å². The molecule has 0 spiro atoms. The summed E-state index contributed by atoms with van der Waals surface area (Å²) < 4.78 is 13.4. The SMILES string of the molecule is COc1ccc(Cn2cc(Br)cc(Br)c2=O)cc1OC. The third-order valence-corrected chi connectivity index (χ3v) is 3.81. The number of rotatable bonds is 4. The lowest BCUT2D eigenvalue weighted by atomic mass is 10.2. The Bertz CT molecular complexity index is 683. The topological polar surface area (TPSA) is 40.5 Å². The van der Waals surface area contributed by atoms with Gasteiger partial charge in [0.2, 0.25) is 0 Å². The number of benzene rings is 1. The number of halogens is 2. The van der Waals surface area contributed by atoms with Crippen LogP contribution < -0.4 is 15.0 Å². The minimum atomic E-state index is -0.0806. The molecule has 1 heterocycles. The Hall–Kier alpha value is -1.27. The van der Waals surface area contributed by atoms with Crippen LogP contribution in [0.1, 0.15) is 5.56 Å². The highest BCUT2D eigenvalue weighted by Crippen LogP contribution is 2.27. The summed E-state index contributed by atoms with van der Waals surface area (Å²) in [6.45, 7) is 0.456. The van der Waals surface area contributed by atoms with Gasteiger partial charge in [-0.3, -0.25) is 4.79 Å². The van der Waals surface area contributed by atoms with E-state index < -0.39 is 0 Å². The minimum Gasteiger partial charge on any atom is -0.493 e. The standard InChI is InChI=1S/C14H13Br2NO3/c1-19-12-4-3-9(5-13(12)20-2)7-17-8-10(15)6-11(16)14(17)18/h3-6,8H,7H2,1-2H3. The van der Waals surface area contributed by atoms with Crippen molar-refractivity contribution in [1.29, 1.82) is 0 Å². The highest BCUT2D eigenvalue weighted by Gasteiger charge is 2.07. The summed E-state index contributed by atoms with van der Waals surface area (Å²) in [5.74, 6) is 1.31. The van der Waals surface area contributed by atoms with Crippen LogP contribution in [0.5, 0.6) is 11.5 Å². The second-order valence-electron chi connectivity index (χ2n) is 4.13. The van der Waals surface area contributed by atoms with Crippen molar-refractivity contribution < 1.29 is 9.47 Å². The maximum absolute atomic E-state index is 12.0. The third-order valence-electron chi connectivity index (χ3n) is 2.81. The molecule has 0 unspecified atom stereocenters. The van der Waals surface area contributed by atoms with Crippen LogP contribution >= 0.6 is 31.9 Å². The minimum absolute atomic E-state index is 0.0806. The summed E-state index contributed by atoms with van der Waals surface area (Å²) in [6, 6.07) is 7.32. The fourth-order valence-electron chi connectivity index (χ4n) is 1.86. The fraction of sp³-hybridized carbons (Fsp3) is 0.214. The van der Waals surface area contributed by atoms with Gasteiger partial charge in [-0.1, -0.05) is 6.07 Å². The van der Waals surface area contributed by atoms with Crippen LogP contribution in [0.2, 0.25) is 0 Å². The van der Waals surface area contributed by atoms with Crippen LogP contribution in [0.4, 0.5) is 0 Å². The van der Waals surface area contributed by atoms with Crippen molar-refractivity contribution in [2.24, 2.45) is 0 Å². The predicted octanol–water partition coefficient (Wildman–Crippen LogP) is 3.44. The van der Waals surface area contributed by atoms with Crippen LogP contribution in [0.3, 0.4) is 0 Å². The van der Waals surface area contributed by atoms with Crippen LogP contribution in [0.15, 0.2) is 44.2 Å². The largest absolute Gasteiger partial charge is 0.493 e. The van der Waals surface area contributed by atoms with Gasteiger partial charge in [-0.05, 0) is 55.6 Å². The second kappa shape index (κ2) is 6.45. The molecule has 0 bridgehead atoms. The van der Waals surface area contributed by atoms with Crippen LogP contribution in [0, 0.1) is 0 Å². The molecule has 4 nitrogen and oxygen atoms in total. The van der Waals surface area contributed by atoms with Gasteiger partial charge in [-0.15, -0.1) is 0 Å². The number of ether oxygens (including phenoxy) is 2. The molecule has 0 radical (unpaired) electrons. The lowest BCUT2D eigenvalue weighted by Crippen LogP contribution is -2.20. The van der Waals surface area contributed by atoms with Gasteiger partial charge in [0.05, 0.1) is 25.2 Å². The van der Waals surface area contributed by atoms with E-state index in [2.05, 4.69) is 31.9 Å². The van der Waals surface area contributed by atoms with E-state index in [0.717, 1.165) is 10.0 Å². The zero-order chi connectivity index (χ0) is 14.7. The molecule has 0 amide bonds. The Kier molecular flexibility index (Phi) is 4.88. The summed E-state index contributed by atoms with van der Waals surface area (Å²) >= 11 is 6.63. The first-order valence-corrected chi connectivity index (χ1v) is 7.40. The van der Waals surface area contributed by atoms with Gasteiger partial charge >= 0.3 is 0 Å². The van der Waals surface area contributed by atoms with Gasteiger partial charge in [0.15, 0.2) is 11.5 Å². The molecule has 0 N–H and O–H groups in total. The van der Waals surface area contributed by atoms with Crippen LogP contribution in [-0.4, -0.2) is 18.8 Å². The average Bonchev–Trinajstić information content (AvgIpc) is 2.44. The van der Waals surface area contributed by atoms with Gasteiger partial charge in [0.1, 0.15) is 0 Å².